The molecule has 6 nitrogen and oxygen atoms in total. The Labute approximate surface area is 167 Å². The van der Waals surface area contributed by atoms with Gasteiger partial charge in [0.25, 0.3) is 0 Å². The van der Waals surface area contributed by atoms with Crippen molar-refractivity contribution in [2.45, 2.75) is 58.4 Å². The lowest BCUT2D eigenvalue weighted by atomic mass is 9.85. The average molecular weight is 382 g/mol. The third-order valence-corrected chi connectivity index (χ3v) is 6.16. The van der Waals surface area contributed by atoms with Crippen molar-refractivity contribution in [2.75, 3.05) is 18.4 Å². The largest absolute Gasteiger partial charge is 0.326 e. The van der Waals surface area contributed by atoms with E-state index in [1.54, 1.807) is 0 Å². The molecule has 0 saturated carbocycles. The van der Waals surface area contributed by atoms with Gasteiger partial charge in [0, 0.05) is 30.6 Å². The van der Waals surface area contributed by atoms with Gasteiger partial charge in [0.15, 0.2) is 5.82 Å². The summed E-state index contributed by atoms with van der Waals surface area (Å²) in [7, 11) is 0. The molecule has 0 spiro atoms. The Kier molecular flexibility index (Phi) is 6.05. The van der Waals surface area contributed by atoms with Crippen molar-refractivity contribution in [3.05, 3.63) is 30.1 Å². The fraction of sp³-hybridized carbons (Fsp3) is 0.591. The number of aromatic nitrogens is 3. The van der Waals surface area contributed by atoms with E-state index < -0.39 is 0 Å². The lowest BCUT2D eigenvalue weighted by Crippen LogP contribution is -2.34. The Morgan fingerprint density at radius 3 is 3.07 bits per heavy atom. The molecule has 2 unspecified atom stereocenters. The number of nitrogens with zero attached hydrogens (tertiary/aromatic N) is 3. The van der Waals surface area contributed by atoms with E-state index in [0.717, 1.165) is 49.0 Å². The average Bonchev–Trinajstić information content (AvgIpc) is 2.97. The summed E-state index contributed by atoms with van der Waals surface area (Å²) in [5.41, 5.74) is 1.85. The molecule has 1 fully saturated rings. The highest BCUT2D eigenvalue weighted by Crippen LogP contribution is 2.26. The molecular formula is C22H31N5O. The molecule has 28 heavy (non-hydrogen) atoms. The first-order valence-corrected chi connectivity index (χ1v) is 10.7. The van der Waals surface area contributed by atoms with Gasteiger partial charge >= 0.3 is 0 Å². The fourth-order valence-corrected chi connectivity index (χ4v) is 4.47. The summed E-state index contributed by atoms with van der Waals surface area (Å²) in [6.07, 6.45) is 7.59. The van der Waals surface area contributed by atoms with Crippen LogP contribution in [0.15, 0.2) is 24.3 Å². The number of carbonyl (C=O) groups is 1. The number of aryl methyl sites for hydroxylation is 1. The van der Waals surface area contributed by atoms with Gasteiger partial charge in [0.05, 0.1) is 0 Å². The second kappa shape index (κ2) is 8.86. The number of nitrogens with one attached hydrogen (secondary N) is 2. The fourth-order valence-electron chi connectivity index (χ4n) is 4.47. The monoisotopic (exact) mass is 381 g/mol. The van der Waals surface area contributed by atoms with Crippen molar-refractivity contribution in [1.29, 1.82) is 0 Å². The third-order valence-electron chi connectivity index (χ3n) is 6.16. The molecule has 3 heterocycles. The van der Waals surface area contributed by atoms with Crippen LogP contribution >= 0.6 is 0 Å². The van der Waals surface area contributed by atoms with Crippen LogP contribution in [0.2, 0.25) is 0 Å². The predicted octanol–water partition coefficient (Wildman–Crippen LogP) is 3.64. The van der Waals surface area contributed by atoms with E-state index in [-0.39, 0.29) is 5.91 Å². The first-order chi connectivity index (χ1) is 13.7. The highest BCUT2D eigenvalue weighted by atomic mass is 16.1. The summed E-state index contributed by atoms with van der Waals surface area (Å²) in [6.45, 7) is 5.30. The summed E-state index contributed by atoms with van der Waals surface area (Å²) in [5, 5.41) is 15.4. The predicted molar refractivity (Wildman–Crippen MR) is 111 cm³/mol. The summed E-state index contributed by atoms with van der Waals surface area (Å²) in [5.74, 6) is 3.07. The Balaban J connectivity index is 1.43. The normalized spacial score (nSPS) is 20.8. The molecule has 0 bridgehead atoms. The van der Waals surface area contributed by atoms with Crippen LogP contribution in [0.3, 0.4) is 0 Å². The van der Waals surface area contributed by atoms with E-state index in [0.29, 0.717) is 18.3 Å². The van der Waals surface area contributed by atoms with E-state index >= 15 is 0 Å². The zero-order valence-corrected chi connectivity index (χ0v) is 16.8. The number of carbonyl (C=O) groups excluding carboxylic acids is 1. The van der Waals surface area contributed by atoms with E-state index in [1.807, 2.05) is 24.3 Å². The number of hydrogen-bond acceptors (Lipinski definition) is 4. The van der Waals surface area contributed by atoms with Crippen molar-refractivity contribution in [2.24, 2.45) is 11.8 Å². The van der Waals surface area contributed by atoms with Gasteiger partial charge in [0.1, 0.15) is 5.82 Å². The van der Waals surface area contributed by atoms with Crippen LogP contribution in [0, 0.1) is 11.8 Å². The summed E-state index contributed by atoms with van der Waals surface area (Å²) in [6, 6.07) is 8.01. The number of anilines is 1. The van der Waals surface area contributed by atoms with Crippen molar-refractivity contribution in [3.8, 4) is 11.4 Å². The van der Waals surface area contributed by atoms with E-state index in [2.05, 4.69) is 32.3 Å². The minimum Gasteiger partial charge on any atom is -0.326 e. The van der Waals surface area contributed by atoms with Crippen molar-refractivity contribution >= 4 is 11.6 Å². The Morgan fingerprint density at radius 2 is 2.21 bits per heavy atom. The number of amides is 1. The standard InChI is InChI=1S/C22H31N5O/c1-16(18-8-6-11-23-15-18)13-21(28)24-19-9-5-7-17(14-19)22-26-25-20-10-3-2-4-12-27(20)22/h5,7,9,14,16,18,23H,2-4,6,8,10-13,15H2,1H3,(H,24,28). The maximum absolute atomic E-state index is 12.6. The minimum absolute atomic E-state index is 0.0929. The molecule has 2 aliphatic rings. The number of fused-ring (bicyclic) bond motifs is 1. The van der Waals surface area contributed by atoms with Gasteiger partial charge in [-0.05, 0) is 62.7 Å². The Bertz CT molecular complexity index is 809. The highest BCUT2D eigenvalue weighted by molar-refractivity contribution is 5.91. The second-order valence-corrected chi connectivity index (χ2v) is 8.32. The molecule has 150 valence electrons. The molecule has 6 heteroatoms. The van der Waals surface area contributed by atoms with Crippen molar-refractivity contribution in [1.82, 2.24) is 20.1 Å². The van der Waals surface area contributed by atoms with Gasteiger partial charge in [-0.25, -0.2) is 0 Å². The molecule has 0 radical (unpaired) electrons. The van der Waals surface area contributed by atoms with Crippen molar-refractivity contribution < 1.29 is 4.79 Å². The zero-order valence-electron chi connectivity index (χ0n) is 16.8. The zero-order chi connectivity index (χ0) is 19.3. The number of benzene rings is 1. The molecule has 2 aliphatic heterocycles. The number of rotatable bonds is 5. The van der Waals surface area contributed by atoms with Gasteiger partial charge < -0.3 is 15.2 Å². The molecule has 2 aromatic rings. The van der Waals surface area contributed by atoms with Gasteiger partial charge in [-0.2, -0.15) is 0 Å². The lowest BCUT2D eigenvalue weighted by molar-refractivity contribution is -0.117. The smallest absolute Gasteiger partial charge is 0.224 e. The van der Waals surface area contributed by atoms with E-state index in [4.69, 9.17) is 0 Å². The summed E-state index contributed by atoms with van der Waals surface area (Å²) in [4.78, 5) is 12.6. The van der Waals surface area contributed by atoms with Crippen LogP contribution in [-0.4, -0.2) is 33.8 Å². The molecule has 1 amide bonds. The Hall–Kier alpha value is -2.21. The third kappa shape index (κ3) is 4.43. The molecular weight excluding hydrogens is 350 g/mol. The van der Waals surface area contributed by atoms with Crippen LogP contribution in [-0.2, 0) is 17.8 Å². The van der Waals surface area contributed by atoms with Gasteiger partial charge in [0.2, 0.25) is 5.91 Å². The van der Waals surface area contributed by atoms with Gasteiger partial charge in [-0.15, -0.1) is 10.2 Å². The van der Waals surface area contributed by atoms with Gasteiger partial charge in [-0.3, -0.25) is 4.79 Å². The number of piperidine rings is 1. The lowest BCUT2D eigenvalue weighted by Gasteiger charge is -2.28. The topological polar surface area (TPSA) is 71.8 Å². The minimum atomic E-state index is 0.0929. The first-order valence-electron chi connectivity index (χ1n) is 10.7. The number of hydrogen-bond donors (Lipinski definition) is 2. The second-order valence-electron chi connectivity index (χ2n) is 8.32. The molecule has 4 rings (SSSR count). The van der Waals surface area contributed by atoms with Crippen LogP contribution in [0.25, 0.3) is 11.4 Å². The molecule has 0 aliphatic carbocycles. The van der Waals surface area contributed by atoms with Gasteiger partial charge in [-0.1, -0.05) is 25.5 Å². The summed E-state index contributed by atoms with van der Waals surface area (Å²) < 4.78 is 2.24. The van der Waals surface area contributed by atoms with Crippen LogP contribution in [0.5, 0.6) is 0 Å². The molecule has 2 atom stereocenters. The molecule has 2 N–H and O–H groups in total. The molecule has 1 aromatic carbocycles. The molecule has 1 saturated heterocycles. The first kappa shape index (κ1) is 19.1. The van der Waals surface area contributed by atoms with E-state index in [9.17, 15) is 4.79 Å². The molecule has 1 aromatic heterocycles. The SMILES string of the molecule is CC(CC(=O)Nc1cccc(-c2nnc3n2CCCCC3)c1)C1CCCNC1. The quantitative estimate of drug-likeness (QED) is 0.829. The Morgan fingerprint density at radius 1 is 1.29 bits per heavy atom. The van der Waals surface area contributed by atoms with Crippen LogP contribution in [0.4, 0.5) is 5.69 Å². The van der Waals surface area contributed by atoms with E-state index in [1.165, 1.54) is 32.1 Å². The maximum atomic E-state index is 12.6. The van der Waals surface area contributed by atoms with Crippen LogP contribution < -0.4 is 10.6 Å². The summed E-state index contributed by atoms with van der Waals surface area (Å²) >= 11 is 0. The maximum Gasteiger partial charge on any atom is 0.224 e. The highest BCUT2D eigenvalue weighted by Gasteiger charge is 2.22. The van der Waals surface area contributed by atoms with Crippen LogP contribution in [0.1, 0.15) is 51.3 Å². The van der Waals surface area contributed by atoms with Crippen molar-refractivity contribution in [3.63, 3.8) is 0 Å².